The number of halogens is 1. The molecule has 0 aliphatic rings. The maximum Gasteiger partial charge on any atom is 0.191 e. The molecule has 0 atom stereocenters. The molecule has 7 nitrogen and oxygen atoms in total. The Morgan fingerprint density at radius 2 is 2.12 bits per heavy atom. The number of aryl methyl sites for hydroxylation is 1. The highest BCUT2D eigenvalue weighted by molar-refractivity contribution is 14.0. The summed E-state index contributed by atoms with van der Waals surface area (Å²) in [5.41, 5.74) is 0. The highest BCUT2D eigenvalue weighted by Gasteiger charge is 2.05. The van der Waals surface area contributed by atoms with E-state index in [4.69, 9.17) is 4.74 Å². The molecule has 0 unspecified atom stereocenters. The number of aliphatic imine (C=N–C) groups is 1. The summed E-state index contributed by atoms with van der Waals surface area (Å²) in [6.07, 6.45) is 0.979. The van der Waals surface area contributed by atoms with Crippen molar-refractivity contribution in [3.63, 3.8) is 0 Å². The van der Waals surface area contributed by atoms with Crippen LogP contribution in [0.5, 0.6) is 0 Å². The van der Waals surface area contributed by atoms with E-state index >= 15 is 0 Å². The molecule has 9 heteroatoms. The minimum Gasteiger partial charge on any atom is -0.380 e. The van der Waals surface area contributed by atoms with Crippen molar-refractivity contribution < 1.29 is 4.74 Å². The molecule has 2 aromatic rings. The Kier molecular flexibility index (Phi) is 10.7. The lowest BCUT2D eigenvalue weighted by Crippen LogP contribution is -2.40. The first-order valence-electron chi connectivity index (χ1n) is 8.18. The second kappa shape index (κ2) is 12.2. The molecule has 2 N–H and O–H groups in total. The standard InChI is InChI=1S/C16H26N6OS.HI/c1-4-23-10-9-18-16(17-8-7-14-6-5-11-24-14)19-12-15-21-20-13(2)22(15)3;/h5-6,11H,4,7-10,12H2,1-3H3,(H2,17,18,19);1H. The molecular formula is C16H27IN6OS. The summed E-state index contributed by atoms with van der Waals surface area (Å²) in [5, 5.41) is 17.0. The predicted molar refractivity (Wildman–Crippen MR) is 113 cm³/mol. The van der Waals surface area contributed by atoms with E-state index < -0.39 is 0 Å². The second-order valence-electron chi connectivity index (χ2n) is 5.27. The van der Waals surface area contributed by atoms with E-state index in [1.807, 2.05) is 25.5 Å². The maximum atomic E-state index is 5.36. The third-order valence-electron chi connectivity index (χ3n) is 3.55. The number of hydrogen-bond acceptors (Lipinski definition) is 5. The van der Waals surface area contributed by atoms with Gasteiger partial charge in [0.15, 0.2) is 11.8 Å². The van der Waals surface area contributed by atoms with Crippen molar-refractivity contribution >= 4 is 41.3 Å². The van der Waals surface area contributed by atoms with Gasteiger partial charge in [0.2, 0.25) is 0 Å². The van der Waals surface area contributed by atoms with Crippen LogP contribution in [0.1, 0.15) is 23.4 Å². The fourth-order valence-corrected chi connectivity index (χ4v) is 2.77. The topological polar surface area (TPSA) is 76.4 Å². The molecule has 0 fully saturated rings. The average molecular weight is 478 g/mol. The Hall–Kier alpha value is -1.20. The second-order valence-corrected chi connectivity index (χ2v) is 6.30. The van der Waals surface area contributed by atoms with Crippen molar-refractivity contribution in [3.8, 4) is 0 Å². The van der Waals surface area contributed by atoms with Crippen molar-refractivity contribution in [2.45, 2.75) is 26.8 Å². The van der Waals surface area contributed by atoms with Crippen LogP contribution in [-0.4, -0.2) is 47.0 Å². The Bertz CT molecular complexity index is 629. The molecular weight excluding hydrogens is 451 g/mol. The van der Waals surface area contributed by atoms with Gasteiger partial charge in [0.1, 0.15) is 12.4 Å². The number of aromatic nitrogens is 3. The van der Waals surface area contributed by atoms with E-state index in [0.717, 1.165) is 43.7 Å². The van der Waals surface area contributed by atoms with Gasteiger partial charge in [0.25, 0.3) is 0 Å². The molecule has 0 saturated carbocycles. The fraction of sp³-hybridized carbons (Fsp3) is 0.562. The number of nitrogens with one attached hydrogen (secondary N) is 2. The van der Waals surface area contributed by atoms with Gasteiger partial charge >= 0.3 is 0 Å². The predicted octanol–water partition coefficient (Wildman–Crippen LogP) is 2.12. The number of ether oxygens (including phenoxy) is 1. The minimum atomic E-state index is 0. The van der Waals surface area contributed by atoms with Crippen molar-refractivity contribution in [2.24, 2.45) is 12.0 Å². The highest BCUT2D eigenvalue weighted by atomic mass is 127. The molecule has 0 saturated heterocycles. The summed E-state index contributed by atoms with van der Waals surface area (Å²) in [6.45, 7) is 7.34. The third-order valence-corrected chi connectivity index (χ3v) is 4.48. The molecule has 2 rings (SSSR count). The number of rotatable bonds is 9. The van der Waals surface area contributed by atoms with Crippen molar-refractivity contribution in [1.29, 1.82) is 0 Å². The first-order valence-corrected chi connectivity index (χ1v) is 9.05. The zero-order valence-electron chi connectivity index (χ0n) is 15.0. The number of nitrogens with zero attached hydrogens (tertiary/aromatic N) is 4. The normalized spacial score (nSPS) is 11.2. The molecule has 0 aromatic carbocycles. The largest absolute Gasteiger partial charge is 0.380 e. The van der Waals surface area contributed by atoms with Gasteiger partial charge in [-0.2, -0.15) is 0 Å². The van der Waals surface area contributed by atoms with Gasteiger partial charge in [-0.1, -0.05) is 6.07 Å². The molecule has 0 aliphatic heterocycles. The SMILES string of the molecule is CCOCCNC(=NCc1nnc(C)n1C)NCCc1cccs1.I. The quantitative estimate of drug-likeness (QED) is 0.250. The van der Waals surface area contributed by atoms with Gasteiger partial charge in [-0.05, 0) is 31.7 Å². The lowest BCUT2D eigenvalue weighted by Gasteiger charge is -2.12. The first-order chi connectivity index (χ1) is 11.7. The van der Waals surface area contributed by atoms with Gasteiger partial charge in [0.05, 0.1) is 6.61 Å². The Balaban J connectivity index is 0.00000312. The Morgan fingerprint density at radius 3 is 2.76 bits per heavy atom. The van der Waals surface area contributed by atoms with Crippen LogP contribution >= 0.6 is 35.3 Å². The van der Waals surface area contributed by atoms with Gasteiger partial charge in [-0.25, -0.2) is 4.99 Å². The van der Waals surface area contributed by atoms with Crippen LogP contribution in [0.25, 0.3) is 0 Å². The molecule has 2 heterocycles. The summed E-state index contributed by atoms with van der Waals surface area (Å²) >= 11 is 1.77. The van der Waals surface area contributed by atoms with E-state index in [0.29, 0.717) is 13.2 Å². The fourth-order valence-electron chi connectivity index (χ4n) is 2.06. The van der Waals surface area contributed by atoms with Gasteiger partial charge in [-0.3, -0.25) is 0 Å². The van der Waals surface area contributed by atoms with Gasteiger partial charge < -0.3 is 19.9 Å². The van der Waals surface area contributed by atoms with Crippen LogP contribution in [0.4, 0.5) is 0 Å². The monoisotopic (exact) mass is 478 g/mol. The van der Waals surface area contributed by atoms with Crippen LogP contribution in [0.3, 0.4) is 0 Å². The highest BCUT2D eigenvalue weighted by Crippen LogP contribution is 2.08. The van der Waals surface area contributed by atoms with Crippen molar-refractivity contribution in [1.82, 2.24) is 25.4 Å². The van der Waals surface area contributed by atoms with E-state index in [1.54, 1.807) is 11.3 Å². The van der Waals surface area contributed by atoms with Crippen LogP contribution in [-0.2, 0) is 24.8 Å². The summed E-state index contributed by atoms with van der Waals surface area (Å²) in [7, 11) is 1.95. The number of guanidine groups is 1. The number of hydrogen-bond donors (Lipinski definition) is 2. The van der Waals surface area contributed by atoms with Gasteiger partial charge in [0, 0.05) is 31.6 Å². The molecule has 0 spiro atoms. The van der Waals surface area contributed by atoms with Crippen LogP contribution in [0, 0.1) is 6.92 Å². The zero-order valence-corrected chi connectivity index (χ0v) is 18.1. The molecule has 2 aromatic heterocycles. The molecule has 0 radical (unpaired) electrons. The molecule has 140 valence electrons. The smallest absolute Gasteiger partial charge is 0.191 e. The third kappa shape index (κ3) is 7.70. The van der Waals surface area contributed by atoms with Crippen molar-refractivity contribution in [3.05, 3.63) is 34.0 Å². The number of thiophene rings is 1. The average Bonchev–Trinajstić information content (AvgIpc) is 3.20. The van der Waals surface area contributed by atoms with E-state index in [2.05, 4.69) is 43.3 Å². The summed E-state index contributed by atoms with van der Waals surface area (Å²) in [6, 6.07) is 4.22. The van der Waals surface area contributed by atoms with Crippen molar-refractivity contribution in [2.75, 3.05) is 26.3 Å². The van der Waals surface area contributed by atoms with E-state index in [9.17, 15) is 0 Å². The zero-order chi connectivity index (χ0) is 17.2. The summed E-state index contributed by atoms with van der Waals surface area (Å²) in [4.78, 5) is 5.96. The summed E-state index contributed by atoms with van der Waals surface area (Å²) in [5.74, 6) is 2.50. The lowest BCUT2D eigenvalue weighted by molar-refractivity contribution is 0.152. The van der Waals surface area contributed by atoms with Crippen LogP contribution < -0.4 is 10.6 Å². The summed E-state index contributed by atoms with van der Waals surface area (Å²) < 4.78 is 7.31. The van der Waals surface area contributed by atoms with E-state index in [-0.39, 0.29) is 24.0 Å². The lowest BCUT2D eigenvalue weighted by atomic mass is 10.3. The van der Waals surface area contributed by atoms with Crippen LogP contribution in [0.2, 0.25) is 0 Å². The van der Waals surface area contributed by atoms with E-state index in [1.165, 1.54) is 4.88 Å². The molecule has 0 amide bonds. The first kappa shape index (κ1) is 21.8. The van der Waals surface area contributed by atoms with Crippen LogP contribution in [0.15, 0.2) is 22.5 Å². The van der Waals surface area contributed by atoms with Gasteiger partial charge in [-0.15, -0.1) is 45.5 Å². The minimum absolute atomic E-state index is 0. The molecule has 25 heavy (non-hydrogen) atoms. The Labute approximate surface area is 170 Å². The Morgan fingerprint density at radius 1 is 1.32 bits per heavy atom. The molecule has 0 bridgehead atoms. The molecule has 0 aliphatic carbocycles. The maximum absolute atomic E-state index is 5.36.